The van der Waals surface area contributed by atoms with Gasteiger partial charge in [0, 0.05) is 43.4 Å². The van der Waals surface area contributed by atoms with Gasteiger partial charge in [-0.1, -0.05) is 152 Å². The van der Waals surface area contributed by atoms with E-state index in [2.05, 4.69) is 20.7 Å². The number of benzene rings is 12. The molecular formula is C73H55ClF2N4O16S6. The number of hydrogen-bond donors (Lipinski definition) is 9. The number of aliphatic hydroxyl groups excluding tert-OH is 1. The molecule has 0 spiro atoms. The Bertz CT molecular complexity index is 5390. The molecule has 0 unspecified atom stereocenters. The number of hydrogen-bond acceptors (Lipinski definition) is 17. The highest BCUT2D eigenvalue weighted by Gasteiger charge is 2.26. The molecule has 0 saturated carbocycles. The van der Waals surface area contributed by atoms with E-state index in [0.29, 0.717) is 64.5 Å². The average molecular weight is 1510 g/mol. The van der Waals surface area contributed by atoms with Crippen LogP contribution in [0, 0.1) is 21.7 Å². The summed E-state index contributed by atoms with van der Waals surface area (Å²) in [4.78, 5) is 33.5. The first kappa shape index (κ1) is 73.9. The van der Waals surface area contributed by atoms with E-state index in [1.807, 2.05) is 0 Å². The Morgan fingerprint density at radius 1 is 0.422 bits per heavy atom. The largest absolute Gasteiger partial charge is 0.512 e. The van der Waals surface area contributed by atoms with E-state index in [9.17, 15) is 74.2 Å². The number of halogens is 3. The summed E-state index contributed by atoms with van der Waals surface area (Å²) in [5, 5.41) is 74.1. The number of thioether (sulfide) groups is 3. The minimum Gasteiger partial charge on any atom is -0.512 e. The van der Waals surface area contributed by atoms with Crippen LogP contribution in [-0.4, -0.2) is 90.0 Å². The lowest BCUT2D eigenvalue weighted by Gasteiger charge is -2.15. The summed E-state index contributed by atoms with van der Waals surface area (Å²) in [7, 11) is -12.3. The first-order valence-electron chi connectivity index (χ1n) is 29.8. The van der Waals surface area contributed by atoms with Gasteiger partial charge in [0.05, 0.1) is 79.9 Å². The van der Waals surface area contributed by atoms with Crippen molar-refractivity contribution in [2.24, 2.45) is 0 Å². The summed E-state index contributed by atoms with van der Waals surface area (Å²) in [6.07, 6.45) is 0. The second kappa shape index (κ2) is 31.8. The highest BCUT2D eigenvalue weighted by atomic mass is 35.5. The van der Waals surface area contributed by atoms with Crippen molar-refractivity contribution in [3.63, 3.8) is 0 Å². The zero-order valence-electron chi connectivity index (χ0n) is 52.6. The number of nitro benzene ring substituents is 1. The molecule has 0 radical (unpaired) electrons. The van der Waals surface area contributed by atoms with E-state index in [4.69, 9.17) is 21.8 Å². The highest BCUT2D eigenvalue weighted by molar-refractivity contribution is 8.00. The molecule has 12 aromatic rings. The molecule has 0 fully saturated rings. The van der Waals surface area contributed by atoms with Gasteiger partial charge in [-0.3, -0.25) is 33.9 Å². The van der Waals surface area contributed by atoms with Crippen molar-refractivity contribution in [1.29, 1.82) is 0 Å². The number of aliphatic carboxylic acids is 2. The maximum atomic E-state index is 13.3. The fourth-order valence-electron chi connectivity index (χ4n) is 10.3. The Labute approximate surface area is 599 Å². The number of carboxylic acid groups (broad SMARTS) is 2. The fraction of sp³-hybridized carbons (Fsp3) is 0.0411. The van der Waals surface area contributed by atoms with Crippen LogP contribution in [0.4, 0.5) is 31.5 Å². The van der Waals surface area contributed by atoms with Gasteiger partial charge in [0.2, 0.25) is 0 Å². The monoisotopic (exact) mass is 1510 g/mol. The Balaban J connectivity index is 0.000000165. The number of rotatable bonds is 22. The van der Waals surface area contributed by atoms with Crippen molar-refractivity contribution < 1.29 is 79.2 Å². The van der Waals surface area contributed by atoms with Crippen LogP contribution in [0.15, 0.2) is 272 Å². The lowest BCUT2D eigenvalue weighted by Crippen LogP contribution is -2.14. The summed E-state index contributed by atoms with van der Waals surface area (Å²) in [5.74, 6) is -3.91. The van der Waals surface area contributed by atoms with Crippen LogP contribution >= 0.6 is 46.9 Å². The lowest BCUT2D eigenvalue weighted by atomic mass is 10.0. The fourth-order valence-corrected chi connectivity index (χ4v) is 16.0. The maximum absolute atomic E-state index is 13.3. The maximum Gasteiger partial charge on any atom is 0.313 e. The van der Waals surface area contributed by atoms with Crippen LogP contribution in [-0.2, 0) is 39.7 Å². The number of phenols is 3. The Hall–Kier alpha value is -10.9. The molecule has 0 atom stereocenters. The van der Waals surface area contributed by atoms with E-state index in [1.54, 1.807) is 140 Å². The van der Waals surface area contributed by atoms with Crippen LogP contribution in [0.3, 0.4) is 0 Å². The molecule has 0 aliphatic heterocycles. The number of nitro groups is 1. The van der Waals surface area contributed by atoms with E-state index in [1.165, 1.54) is 72.8 Å². The molecule has 12 rings (SSSR count). The van der Waals surface area contributed by atoms with Gasteiger partial charge >= 0.3 is 11.9 Å². The average Bonchev–Trinajstić information content (AvgIpc) is 0.784. The van der Waals surface area contributed by atoms with Gasteiger partial charge in [-0.15, -0.1) is 35.3 Å². The minimum absolute atomic E-state index is 0.00113. The van der Waals surface area contributed by atoms with Crippen molar-refractivity contribution >= 4 is 144 Å². The molecule has 0 aliphatic rings. The van der Waals surface area contributed by atoms with E-state index in [0.717, 1.165) is 59.0 Å². The number of anilines is 3. The summed E-state index contributed by atoms with van der Waals surface area (Å²) in [6, 6.07) is 58.4. The number of aromatic hydroxyl groups is 3. The van der Waals surface area contributed by atoms with Crippen LogP contribution in [0.1, 0.15) is 0 Å². The van der Waals surface area contributed by atoms with Gasteiger partial charge in [-0.05, 0) is 119 Å². The van der Waals surface area contributed by atoms with Gasteiger partial charge in [0.1, 0.15) is 28.9 Å². The zero-order chi connectivity index (χ0) is 73.2. The zero-order valence-corrected chi connectivity index (χ0v) is 58.2. The normalized spacial score (nSPS) is 11.4. The number of nitrogens with zero attached hydrogens (tertiary/aromatic N) is 1. The standard InChI is InChI=1S/C25H19FN2O6S2.C24H18ClNO5S2.C24H18FNO5S2/c1-15(29)14-35-24-13-22(20-4-2-3-5-21(20)25(24)30)27-36(33,34)18-10-11-19(23(12-18)28(31)32)16-6-8-17(26)9-7-16;2*25-17-10-8-15(9-11-17)16-4-3-5-18(12-16)33(30,31)26-21-13-22(32-14-23(27)28)24(29)20-7-2-1-6-19(20)21/h2-13,27,29-30H,1,14H2;2*1-13,26,29H,14H2,(H,27,28). The number of sulfonamides is 3. The minimum atomic E-state index is -4.30. The number of nitrogens with one attached hydrogen (secondary N) is 3. The number of aliphatic hydroxyl groups is 1. The predicted molar refractivity (Wildman–Crippen MR) is 396 cm³/mol. The lowest BCUT2D eigenvalue weighted by molar-refractivity contribution is -0.384. The molecule has 20 nitrogen and oxygen atoms in total. The molecule has 9 N–H and O–H groups in total. The summed E-state index contributed by atoms with van der Waals surface area (Å²) in [5.41, 5.74) is 3.42. The van der Waals surface area contributed by atoms with Crippen molar-refractivity contribution in [2.75, 3.05) is 31.4 Å². The molecule has 520 valence electrons. The third-order valence-electron chi connectivity index (χ3n) is 15.0. The number of phenolic OH excluding ortho intramolecular Hbond substituents is 3. The number of carbonyl (C=O) groups is 2. The van der Waals surface area contributed by atoms with Gasteiger partial charge < -0.3 is 30.6 Å². The van der Waals surface area contributed by atoms with Crippen LogP contribution in [0.5, 0.6) is 17.2 Å². The molecule has 12 aromatic carbocycles. The Morgan fingerprint density at radius 2 is 0.755 bits per heavy atom. The second-order valence-corrected chi connectivity index (χ2v) is 30.5. The Morgan fingerprint density at radius 3 is 1.11 bits per heavy atom. The quantitative estimate of drug-likeness (QED) is 0.0100. The summed E-state index contributed by atoms with van der Waals surface area (Å²) < 4.78 is 114. The van der Waals surface area contributed by atoms with Gasteiger partial charge in [0.15, 0.2) is 0 Å². The molecule has 0 aliphatic carbocycles. The molecule has 0 heterocycles. The van der Waals surface area contributed by atoms with E-state index in [-0.39, 0.29) is 93.2 Å². The van der Waals surface area contributed by atoms with Crippen LogP contribution in [0.25, 0.3) is 65.7 Å². The molecule has 0 aromatic heterocycles. The van der Waals surface area contributed by atoms with Crippen molar-refractivity contribution in [3.8, 4) is 50.6 Å². The predicted octanol–water partition coefficient (Wildman–Crippen LogP) is 17.4. The van der Waals surface area contributed by atoms with Gasteiger partial charge in [0.25, 0.3) is 35.8 Å². The third-order valence-corrected chi connectivity index (χ3v) is 22.5. The number of carboxylic acids is 2. The van der Waals surface area contributed by atoms with Crippen LogP contribution < -0.4 is 14.2 Å². The summed E-state index contributed by atoms with van der Waals surface area (Å²) in [6.45, 7) is 3.41. The molecule has 0 amide bonds. The molecule has 102 heavy (non-hydrogen) atoms. The van der Waals surface area contributed by atoms with E-state index < -0.39 is 58.4 Å². The second-order valence-electron chi connectivity index (χ2n) is 22.0. The SMILES string of the molecule is C=C(O)CSc1cc(NS(=O)(=O)c2ccc(-c3ccc(F)cc3)c([N+](=O)[O-])c2)c2ccccc2c1O.O=C(O)CSc1cc(NS(=O)(=O)c2cccc(-c3ccc(Cl)cc3)c2)c2ccccc2c1O.O=C(O)CSc1cc(NS(=O)(=O)c2cccc(-c3ccc(F)cc3)c2)c2ccccc2c1O. The highest BCUT2D eigenvalue weighted by Crippen LogP contribution is 2.45. The van der Waals surface area contributed by atoms with Crippen molar-refractivity contribution in [3.05, 3.63) is 270 Å². The molecular weight excluding hydrogens is 1450 g/mol. The van der Waals surface area contributed by atoms with Gasteiger partial charge in [-0.2, -0.15) is 0 Å². The first-order chi connectivity index (χ1) is 48.5. The topological polar surface area (TPSA) is 337 Å². The molecule has 0 bridgehead atoms. The smallest absolute Gasteiger partial charge is 0.313 e. The molecule has 0 saturated heterocycles. The number of fused-ring (bicyclic) bond motifs is 3. The van der Waals surface area contributed by atoms with Crippen molar-refractivity contribution in [1.82, 2.24) is 0 Å². The van der Waals surface area contributed by atoms with E-state index >= 15 is 0 Å². The third kappa shape index (κ3) is 17.8. The first-order valence-corrected chi connectivity index (χ1v) is 37.6. The summed E-state index contributed by atoms with van der Waals surface area (Å²) >= 11 is 8.81. The Kier molecular flexibility index (Phi) is 23.0. The van der Waals surface area contributed by atoms with Gasteiger partial charge in [-0.25, -0.2) is 34.0 Å². The van der Waals surface area contributed by atoms with Crippen molar-refractivity contribution in [2.45, 2.75) is 29.4 Å². The molecule has 29 heteroatoms. The van der Waals surface area contributed by atoms with Crippen LogP contribution in [0.2, 0.25) is 5.02 Å².